The van der Waals surface area contributed by atoms with Gasteiger partial charge in [0, 0.05) is 18.1 Å². The molecule has 0 fully saturated rings. The Kier molecular flexibility index (Phi) is 3.70. The molecule has 19 heavy (non-hydrogen) atoms. The van der Waals surface area contributed by atoms with Gasteiger partial charge in [-0.1, -0.05) is 0 Å². The Balaban J connectivity index is 2.18. The van der Waals surface area contributed by atoms with Crippen molar-refractivity contribution >= 4 is 23.4 Å². The first-order chi connectivity index (χ1) is 8.86. The van der Waals surface area contributed by atoms with Crippen molar-refractivity contribution in [3.8, 4) is 0 Å². The molecule has 0 aliphatic heterocycles. The van der Waals surface area contributed by atoms with Crippen molar-refractivity contribution in [3.05, 3.63) is 35.8 Å². The molecule has 0 saturated heterocycles. The van der Waals surface area contributed by atoms with Crippen LogP contribution in [-0.4, -0.2) is 26.2 Å². The van der Waals surface area contributed by atoms with E-state index in [1.165, 1.54) is 10.6 Å². The average molecular weight is 290 g/mol. The second-order valence-electron chi connectivity index (χ2n) is 3.80. The lowest BCUT2D eigenvalue weighted by atomic mass is 10.2. The summed E-state index contributed by atoms with van der Waals surface area (Å²) in [6, 6.07) is 1.94. The van der Waals surface area contributed by atoms with Crippen LogP contribution in [0.1, 0.15) is 11.3 Å². The minimum atomic E-state index is -4.40. The Morgan fingerprint density at radius 1 is 1.47 bits per heavy atom. The molecule has 0 aromatic carbocycles. The number of rotatable bonds is 4. The number of nitrogens with zero attached hydrogens (tertiary/aromatic N) is 2. The molecule has 0 bridgehead atoms. The van der Waals surface area contributed by atoms with Gasteiger partial charge in [0.1, 0.15) is 5.65 Å². The second-order valence-corrected chi connectivity index (χ2v) is 4.78. The fourth-order valence-electron chi connectivity index (χ4n) is 1.52. The molecule has 2 aromatic heterocycles. The zero-order valence-electron chi connectivity index (χ0n) is 9.52. The van der Waals surface area contributed by atoms with Gasteiger partial charge >= 0.3 is 12.1 Å². The maximum atomic E-state index is 12.5. The Labute approximate surface area is 110 Å². The van der Waals surface area contributed by atoms with Gasteiger partial charge in [-0.15, -0.1) is 11.8 Å². The Morgan fingerprint density at radius 3 is 2.84 bits per heavy atom. The second kappa shape index (κ2) is 5.12. The van der Waals surface area contributed by atoms with Crippen LogP contribution in [0, 0.1) is 0 Å². The molecular formula is C11H9F3N2O2S. The monoisotopic (exact) mass is 290 g/mol. The molecular weight excluding hydrogens is 281 g/mol. The lowest BCUT2D eigenvalue weighted by Gasteiger charge is -2.05. The normalized spacial score (nSPS) is 11.9. The zero-order chi connectivity index (χ0) is 14.0. The van der Waals surface area contributed by atoms with Crippen molar-refractivity contribution in [1.29, 1.82) is 0 Å². The summed E-state index contributed by atoms with van der Waals surface area (Å²) >= 11 is 1.14. The maximum absolute atomic E-state index is 12.5. The van der Waals surface area contributed by atoms with Crippen LogP contribution in [0.2, 0.25) is 0 Å². The maximum Gasteiger partial charge on any atom is 0.416 e. The summed E-state index contributed by atoms with van der Waals surface area (Å²) in [5.74, 6) is -0.662. The first kappa shape index (κ1) is 13.7. The highest BCUT2D eigenvalue weighted by Gasteiger charge is 2.30. The summed E-state index contributed by atoms with van der Waals surface area (Å²) in [4.78, 5) is 14.4. The van der Waals surface area contributed by atoms with Gasteiger partial charge in [0.05, 0.1) is 17.0 Å². The molecule has 0 spiro atoms. The molecule has 2 aromatic rings. The van der Waals surface area contributed by atoms with E-state index in [1.54, 1.807) is 6.20 Å². The third kappa shape index (κ3) is 3.40. The number of aliphatic carboxylic acids is 1. The predicted octanol–water partition coefficient (Wildman–Crippen LogP) is 2.67. The molecule has 4 nitrogen and oxygen atoms in total. The smallest absolute Gasteiger partial charge is 0.416 e. The number of imidazole rings is 1. The van der Waals surface area contributed by atoms with Gasteiger partial charge in [0.2, 0.25) is 0 Å². The number of thioether (sulfide) groups is 1. The number of hydrogen-bond donors (Lipinski definition) is 1. The van der Waals surface area contributed by atoms with Gasteiger partial charge in [-0.3, -0.25) is 4.79 Å². The number of carboxylic acid groups (broad SMARTS) is 1. The summed E-state index contributed by atoms with van der Waals surface area (Å²) in [7, 11) is 0. The minimum Gasteiger partial charge on any atom is -0.481 e. The highest BCUT2D eigenvalue weighted by molar-refractivity contribution is 7.99. The van der Waals surface area contributed by atoms with Crippen LogP contribution >= 0.6 is 11.8 Å². The summed E-state index contributed by atoms with van der Waals surface area (Å²) in [6.45, 7) is 0. The van der Waals surface area contributed by atoms with E-state index >= 15 is 0 Å². The van der Waals surface area contributed by atoms with Gasteiger partial charge < -0.3 is 9.51 Å². The van der Waals surface area contributed by atoms with E-state index in [0.29, 0.717) is 11.4 Å². The zero-order valence-corrected chi connectivity index (χ0v) is 10.3. The molecule has 1 N–H and O–H groups in total. The van der Waals surface area contributed by atoms with E-state index in [4.69, 9.17) is 5.11 Å². The number of hydrogen-bond acceptors (Lipinski definition) is 3. The average Bonchev–Trinajstić information content (AvgIpc) is 2.68. The third-order valence-corrected chi connectivity index (χ3v) is 3.26. The SMILES string of the molecule is O=C(O)CSCc1cn2ccc(C(F)(F)F)cc2n1. The van der Waals surface area contributed by atoms with Crippen LogP contribution in [0.5, 0.6) is 0 Å². The molecule has 0 radical (unpaired) electrons. The molecule has 8 heteroatoms. The molecule has 102 valence electrons. The number of carbonyl (C=O) groups is 1. The fraction of sp³-hybridized carbons (Fsp3) is 0.273. The van der Waals surface area contributed by atoms with Crippen LogP contribution in [0.25, 0.3) is 5.65 Å². The third-order valence-electron chi connectivity index (χ3n) is 2.31. The number of aromatic nitrogens is 2. The van der Waals surface area contributed by atoms with Crippen LogP contribution < -0.4 is 0 Å². The quantitative estimate of drug-likeness (QED) is 0.940. The Bertz CT molecular complexity index is 609. The summed E-state index contributed by atoms with van der Waals surface area (Å²) in [5, 5.41) is 8.49. The fourth-order valence-corrected chi connectivity index (χ4v) is 2.15. The standard InChI is InChI=1S/C11H9F3N2O2S/c12-11(13,14)7-1-2-16-4-8(15-9(16)3-7)5-19-6-10(17)18/h1-4H,5-6H2,(H,17,18). The van der Waals surface area contributed by atoms with Gasteiger partial charge in [-0.2, -0.15) is 13.2 Å². The van der Waals surface area contributed by atoms with Crippen LogP contribution in [0.15, 0.2) is 24.5 Å². The van der Waals surface area contributed by atoms with Gasteiger partial charge in [-0.05, 0) is 12.1 Å². The van der Waals surface area contributed by atoms with Gasteiger partial charge in [0.15, 0.2) is 0 Å². The Morgan fingerprint density at radius 2 is 2.21 bits per heavy atom. The molecule has 0 saturated carbocycles. The topological polar surface area (TPSA) is 54.6 Å². The predicted molar refractivity (Wildman–Crippen MR) is 64.0 cm³/mol. The number of alkyl halides is 3. The molecule has 0 unspecified atom stereocenters. The first-order valence-electron chi connectivity index (χ1n) is 5.20. The van der Waals surface area contributed by atoms with Gasteiger partial charge in [0.25, 0.3) is 0 Å². The number of carboxylic acids is 1. The highest BCUT2D eigenvalue weighted by Crippen LogP contribution is 2.29. The number of halogens is 3. The van der Waals surface area contributed by atoms with E-state index in [9.17, 15) is 18.0 Å². The lowest BCUT2D eigenvalue weighted by Crippen LogP contribution is -2.05. The van der Waals surface area contributed by atoms with E-state index in [1.807, 2.05) is 0 Å². The van der Waals surface area contributed by atoms with E-state index < -0.39 is 17.7 Å². The first-order valence-corrected chi connectivity index (χ1v) is 6.36. The summed E-state index contributed by atoms with van der Waals surface area (Å²) in [6.07, 6.45) is -1.52. The van der Waals surface area contributed by atoms with E-state index in [2.05, 4.69) is 4.98 Å². The number of fused-ring (bicyclic) bond motifs is 1. The van der Waals surface area contributed by atoms with Crippen molar-refractivity contribution < 1.29 is 23.1 Å². The summed E-state index contributed by atoms with van der Waals surface area (Å²) < 4.78 is 39.0. The van der Waals surface area contributed by atoms with Gasteiger partial charge in [-0.25, -0.2) is 4.98 Å². The number of pyridine rings is 1. The summed E-state index contributed by atoms with van der Waals surface area (Å²) in [5.41, 5.74) is -0.0123. The molecule has 0 atom stereocenters. The van der Waals surface area contributed by atoms with Crippen molar-refractivity contribution in [1.82, 2.24) is 9.38 Å². The van der Waals surface area contributed by atoms with E-state index in [-0.39, 0.29) is 11.4 Å². The van der Waals surface area contributed by atoms with Crippen molar-refractivity contribution in [2.75, 3.05) is 5.75 Å². The van der Waals surface area contributed by atoms with Crippen molar-refractivity contribution in [2.45, 2.75) is 11.9 Å². The minimum absolute atomic E-state index is 0.0678. The lowest BCUT2D eigenvalue weighted by molar-refractivity contribution is -0.137. The molecule has 0 aliphatic carbocycles. The molecule has 2 heterocycles. The van der Waals surface area contributed by atoms with Crippen molar-refractivity contribution in [2.24, 2.45) is 0 Å². The molecule has 0 amide bonds. The van der Waals surface area contributed by atoms with E-state index in [0.717, 1.165) is 23.9 Å². The van der Waals surface area contributed by atoms with Crippen molar-refractivity contribution in [3.63, 3.8) is 0 Å². The molecule has 2 rings (SSSR count). The largest absolute Gasteiger partial charge is 0.481 e. The van der Waals surface area contributed by atoms with Crippen LogP contribution in [-0.2, 0) is 16.7 Å². The molecule has 0 aliphatic rings. The highest BCUT2D eigenvalue weighted by atomic mass is 32.2. The van der Waals surface area contributed by atoms with Crippen LogP contribution in [0.3, 0.4) is 0 Å². The van der Waals surface area contributed by atoms with Crippen LogP contribution in [0.4, 0.5) is 13.2 Å². The Hall–Kier alpha value is -1.70.